The maximum Gasteiger partial charge on any atom is 0.406 e. The highest BCUT2D eigenvalue weighted by Crippen LogP contribution is 2.37. The fourth-order valence-corrected chi connectivity index (χ4v) is 5.48. The van der Waals surface area contributed by atoms with Crippen molar-refractivity contribution in [3.63, 3.8) is 0 Å². The molecule has 12 heteroatoms. The van der Waals surface area contributed by atoms with Gasteiger partial charge in [0.05, 0.1) is 29.0 Å². The SMILES string of the molecule is CN1C2CCCC1[C@@H](F)[C@@H](N(C)c1ccc(-c3cc4ncn(CC(F)(F)F)c(=O)c4cc3O)nn1)C2. The first-order valence-electron chi connectivity index (χ1n) is 11.8. The Hall–Kier alpha value is -3.28. The van der Waals surface area contributed by atoms with Crippen molar-refractivity contribution in [2.24, 2.45) is 0 Å². The predicted molar refractivity (Wildman–Crippen MR) is 126 cm³/mol. The van der Waals surface area contributed by atoms with Crippen LogP contribution in [0.4, 0.5) is 23.4 Å². The average molecular weight is 507 g/mol. The number of alkyl halides is 4. The van der Waals surface area contributed by atoms with Crippen LogP contribution >= 0.6 is 0 Å². The minimum atomic E-state index is -4.58. The average Bonchev–Trinajstić information content (AvgIpc) is 2.82. The summed E-state index contributed by atoms with van der Waals surface area (Å²) in [5.74, 6) is 0.149. The minimum Gasteiger partial charge on any atom is -0.507 e. The Balaban J connectivity index is 1.41. The van der Waals surface area contributed by atoms with Gasteiger partial charge in [-0.1, -0.05) is 6.42 Å². The molecule has 2 fully saturated rings. The molecule has 0 amide bonds. The van der Waals surface area contributed by atoms with Gasteiger partial charge in [-0.2, -0.15) is 13.2 Å². The molecule has 2 saturated heterocycles. The van der Waals surface area contributed by atoms with Crippen molar-refractivity contribution in [2.75, 3.05) is 19.0 Å². The molecule has 2 aromatic heterocycles. The lowest BCUT2D eigenvalue weighted by molar-refractivity contribution is -0.141. The Kier molecular flexibility index (Phi) is 6.09. The molecule has 4 heterocycles. The summed E-state index contributed by atoms with van der Waals surface area (Å²) in [6.07, 6.45) is -1.17. The van der Waals surface area contributed by atoms with Gasteiger partial charge in [-0.15, -0.1) is 10.2 Å². The van der Waals surface area contributed by atoms with Crippen LogP contribution in [0.2, 0.25) is 0 Å². The number of rotatable bonds is 4. The molecule has 0 spiro atoms. The summed E-state index contributed by atoms with van der Waals surface area (Å²) in [7, 11) is 3.79. The number of nitrogens with zero attached hydrogens (tertiary/aromatic N) is 6. The molecule has 2 aliphatic heterocycles. The number of aromatic hydroxyl groups is 1. The molecule has 0 radical (unpaired) electrons. The molecule has 1 N–H and O–H groups in total. The second-order valence-corrected chi connectivity index (χ2v) is 9.63. The van der Waals surface area contributed by atoms with Gasteiger partial charge in [-0.25, -0.2) is 9.37 Å². The summed E-state index contributed by atoms with van der Waals surface area (Å²) < 4.78 is 53.9. The van der Waals surface area contributed by atoms with E-state index in [1.807, 2.05) is 11.9 Å². The fourth-order valence-electron chi connectivity index (χ4n) is 5.48. The van der Waals surface area contributed by atoms with E-state index in [0.29, 0.717) is 22.8 Å². The van der Waals surface area contributed by atoms with Gasteiger partial charge in [0.25, 0.3) is 5.56 Å². The maximum absolute atomic E-state index is 15.3. The van der Waals surface area contributed by atoms with E-state index < -0.39 is 24.5 Å². The standard InChI is InChI=1S/C24H26F4N6O2/c1-32-13-4-3-5-18(32)22(25)19(8-13)33(2)21-7-6-16(30-31-21)14-9-17-15(10-20(14)35)23(36)34(12-29-17)11-24(26,27)28/h6-7,9-10,12-13,18-19,22,35H,3-5,8,11H2,1-2H3/t13?,18?,19-,22+/m0/s1. The number of anilines is 1. The topological polar surface area (TPSA) is 87.4 Å². The van der Waals surface area contributed by atoms with Crippen LogP contribution in [0.5, 0.6) is 5.75 Å². The number of piperidine rings is 2. The lowest BCUT2D eigenvalue weighted by Gasteiger charge is -2.51. The van der Waals surface area contributed by atoms with Gasteiger partial charge in [0.2, 0.25) is 0 Å². The predicted octanol–water partition coefficient (Wildman–Crippen LogP) is 3.52. The van der Waals surface area contributed by atoms with E-state index in [1.54, 1.807) is 19.2 Å². The minimum absolute atomic E-state index is 0.111. The molecule has 3 aromatic rings. The number of phenolic OH excluding ortho intramolecular Hbond substituents is 1. The Morgan fingerprint density at radius 3 is 2.67 bits per heavy atom. The molecule has 36 heavy (non-hydrogen) atoms. The zero-order valence-electron chi connectivity index (χ0n) is 19.8. The number of hydrogen-bond acceptors (Lipinski definition) is 7. The molecule has 4 atom stereocenters. The number of phenols is 1. The molecule has 1 aromatic carbocycles. The van der Waals surface area contributed by atoms with Crippen molar-refractivity contribution in [3.8, 4) is 17.0 Å². The van der Waals surface area contributed by atoms with E-state index in [2.05, 4.69) is 20.1 Å². The molecular formula is C24H26F4N6O2. The van der Waals surface area contributed by atoms with Crippen molar-refractivity contribution >= 4 is 16.7 Å². The first kappa shape index (κ1) is 24.4. The fraction of sp³-hybridized carbons (Fsp3) is 0.500. The normalized spacial score (nSPS) is 24.7. The molecule has 0 aliphatic carbocycles. The number of fused-ring (bicyclic) bond motifs is 3. The van der Waals surface area contributed by atoms with Crippen LogP contribution in [0.1, 0.15) is 25.7 Å². The van der Waals surface area contributed by atoms with Gasteiger partial charge >= 0.3 is 6.18 Å². The van der Waals surface area contributed by atoms with Crippen LogP contribution in [0.25, 0.3) is 22.2 Å². The van der Waals surface area contributed by atoms with Gasteiger partial charge < -0.3 is 10.0 Å². The third-order valence-corrected chi connectivity index (χ3v) is 7.46. The molecule has 2 unspecified atom stereocenters. The van der Waals surface area contributed by atoms with Crippen LogP contribution < -0.4 is 10.5 Å². The molecule has 2 bridgehead atoms. The van der Waals surface area contributed by atoms with Crippen molar-refractivity contribution in [1.82, 2.24) is 24.6 Å². The zero-order chi connectivity index (χ0) is 25.8. The van der Waals surface area contributed by atoms with Gasteiger partial charge in [0.15, 0.2) is 5.82 Å². The summed E-state index contributed by atoms with van der Waals surface area (Å²) in [5.41, 5.74) is -0.287. The van der Waals surface area contributed by atoms with Crippen LogP contribution in [-0.4, -0.2) is 74.3 Å². The largest absolute Gasteiger partial charge is 0.507 e. The number of aromatic nitrogens is 4. The second kappa shape index (κ2) is 8.99. The van der Waals surface area contributed by atoms with Gasteiger partial charge in [-0.05, 0) is 50.6 Å². The van der Waals surface area contributed by atoms with Crippen molar-refractivity contribution in [3.05, 3.63) is 40.9 Å². The first-order chi connectivity index (χ1) is 17.0. The number of halogens is 4. The summed E-state index contributed by atoms with van der Waals surface area (Å²) in [4.78, 5) is 20.4. The summed E-state index contributed by atoms with van der Waals surface area (Å²) in [5, 5.41) is 18.8. The number of hydrogen-bond donors (Lipinski definition) is 1. The van der Waals surface area contributed by atoms with Crippen molar-refractivity contribution < 1.29 is 22.7 Å². The molecular weight excluding hydrogens is 480 g/mol. The molecule has 5 rings (SSSR count). The third-order valence-electron chi connectivity index (χ3n) is 7.46. The van der Waals surface area contributed by atoms with Crippen LogP contribution in [0, 0.1) is 0 Å². The Morgan fingerprint density at radius 2 is 1.97 bits per heavy atom. The Labute approximate surface area is 204 Å². The first-order valence-corrected chi connectivity index (χ1v) is 11.8. The molecule has 192 valence electrons. The van der Waals surface area contributed by atoms with Gasteiger partial charge in [-0.3, -0.25) is 14.3 Å². The number of benzene rings is 1. The van der Waals surface area contributed by atoms with Crippen LogP contribution in [-0.2, 0) is 6.54 Å². The highest BCUT2D eigenvalue weighted by atomic mass is 19.4. The third kappa shape index (κ3) is 4.38. The molecule has 0 saturated carbocycles. The highest BCUT2D eigenvalue weighted by molar-refractivity contribution is 5.86. The van der Waals surface area contributed by atoms with E-state index in [1.165, 1.54) is 6.07 Å². The van der Waals surface area contributed by atoms with E-state index in [9.17, 15) is 23.1 Å². The van der Waals surface area contributed by atoms with E-state index in [4.69, 9.17) is 0 Å². The lowest BCUT2D eigenvalue weighted by Crippen LogP contribution is -2.62. The second-order valence-electron chi connectivity index (χ2n) is 9.63. The van der Waals surface area contributed by atoms with E-state index in [-0.39, 0.29) is 40.0 Å². The van der Waals surface area contributed by atoms with Crippen molar-refractivity contribution in [2.45, 2.75) is 62.7 Å². The van der Waals surface area contributed by atoms with Crippen LogP contribution in [0.15, 0.2) is 35.4 Å². The smallest absolute Gasteiger partial charge is 0.406 e. The molecule has 2 aliphatic rings. The molecule has 8 nitrogen and oxygen atoms in total. The monoisotopic (exact) mass is 506 g/mol. The van der Waals surface area contributed by atoms with Gasteiger partial charge in [0.1, 0.15) is 18.5 Å². The van der Waals surface area contributed by atoms with E-state index >= 15 is 4.39 Å². The zero-order valence-corrected chi connectivity index (χ0v) is 19.8. The van der Waals surface area contributed by atoms with E-state index in [0.717, 1.165) is 31.7 Å². The Bertz CT molecular complexity index is 1330. The summed E-state index contributed by atoms with van der Waals surface area (Å²) >= 11 is 0. The quantitative estimate of drug-likeness (QED) is 0.542. The van der Waals surface area contributed by atoms with Crippen LogP contribution in [0.3, 0.4) is 0 Å². The summed E-state index contributed by atoms with van der Waals surface area (Å²) in [6.45, 7) is -1.48. The Morgan fingerprint density at radius 1 is 1.19 bits per heavy atom. The summed E-state index contributed by atoms with van der Waals surface area (Å²) in [6, 6.07) is 5.66. The highest BCUT2D eigenvalue weighted by Gasteiger charge is 2.45. The van der Waals surface area contributed by atoms with Crippen molar-refractivity contribution in [1.29, 1.82) is 0 Å². The van der Waals surface area contributed by atoms with Gasteiger partial charge in [0, 0.05) is 24.7 Å². The maximum atomic E-state index is 15.3. The lowest BCUT2D eigenvalue weighted by atomic mass is 9.80.